The number of fused-ring (bicyclic) bond motifs is 1. The first-order valence-corrected chi connectivity index (χ1v) is 11.0. The highest BCUT2D eigenvalue weighted by molar-refractivity contribution is 7.99. The lowest BCUT2D eigenvalue weighted by Gasteiger charge is -2.37. The third-order valence-corrected chi connectivity index (χ3v) is 7.03. The summed E-state index contributed by atoms with van der Waals surface area (Å²) in [6.45, 7) is 3.66. The van der Waals surface area contributed by atoms with Crippen molar-refractivity contribution in [3.8, 4) is 5.69 Å². The predicted octanol–water partition coefficient (Wildman–Crippen LogP) is 4.17. The number of likely N-dealkylation sites (tertiary alicyclic amines) is 1. The van der Waals surface area contributed by atoms with E-state index in [9.17, 15) is 4.79 Å². The summed E-state index contributed by atoms with van der Waals surface area (Å²) < 4.78 is 3.65. The maximum absolute atomic E-state index is 13.1. The van der Waals surface area contributed by atoms with Crippen LogP contribution in [0.25, 0.3) is 15.9 Å². The molecule has 0 saturated carbocycles. The van der Waals surface area contributed by atoms with Gasteiger partial charge in [0.25, 0.3) is 5.56 Å². The van der Waals surface area contributed by atoms with Gasteiger partial charge < -0.3 is 4.48 Å². The molecule has 0 amide bonds. The van der Waals surface area contributed by atoms with Gasteiger partial charge in [-0.2, -0.15) is 0 Å². The van der Waals surface area contributed by atoms with Gasteiger partial charge in [-0.05, 0) is 42.8 Å². The maximum Gasteiger partial charge on any atom is 0.276 e. The molecule has 2 aromatic heterocycles. The van der Waals surface area contributed by atoms with Crippen LogP contribution in [0.5, 0.6) is 0 Å². The first-order valence-electron chi connectivity index (χ1n) is 9.18. The Kier molecular flexibility index (Phi) is 5.16. The summed E-state index contributed by atoms with van der Waals surface area (Å²) in [6, 6.07) is 11.8. The number of benzene rings is 1. The summed E-state index contributed by atoms with van der Waals surface area (Å²) >= 11 is 3.18. The summed E-state index contributed by atoms with van der Waals surface area (Å²) in [5.74, 6) is 0.978. The van der Waals surface area contributed by atoms with Crippen molar-refractivity contribution in [1.82, 2.24) is 9.55 Å². The molecule has 0 atom stereocenters. The van der Waals surface area contributed by atoms with Crippen LogP contribution in [-0.2, 0) is 0 Å². The molecule has 3 aromatic rings. The average molecular weight is 387 g/mol. The van der Waals surface area contributed by atoms with Gasteiger partial charge in [-0.15, -0.1) is 11.3 Å². The SMILES string of the molecule is C[N+]1(CCSc2nc3ccsc3c(=O)n2-c2ccccc2)CCCCC1. The van der Waals surface area contributed by atoms with Gasteiger partial charge >= 0.3 is 0 Å². The molecule has 6 heteroatoms. The lowest BCUT2D eigenvalue weighted by atomic mass is 10.1. The van der Waals surface area contributed by atoms with Gasteiger partial charge in [0.1, 0.15) is 4.70 Å². The third kappa shape index (κ3) is 3.59. The van der Waals surface area contributed by atoms with Crippen molar-refractivity contribution in [3.63, 3.8) is 0 Å². The zero-order valence-electron chi connectivity index (χ0n) is 15.1. The molecule has 4 nitrogen and oxygen atoms in total. The van der Waals surface area contributed by atoms with Crippen molar-refractivity contribution >= 4 is 33.3 Å². The van der Waals surface area contributed by atoms with E-state index in [0.717, 1.165) is 37.8 Å². The van der Waals surface area contributed by atoms with E-state index in [1.54, 1.807) is 16.3 Å². The largest absolute Gasteiger partial charge is 0.325 e. The summed E-state index contributed by atoms with van der Waals surface area (Å²) in [7, 11) is 2.36. The number of piperidine rings is 1. The fourth-order valence-corrected chi connectivity index (χ4v) is 5.60. The van der Waals surface area contributed by atoms with Crippen molar-refractivity contribution in [2.75, 3.05) is 32.4 Å². The number of thiophene rings is 1. The van der Waals surface area contributed by atoms with Gasteiger partial charge in [0.2, 0.25) is 0 Å². The zero-order valence-corrected chi connectivity index (χ0v) is 16.7. The Morgan fingerprint density at radius 2 is 1.92 bits per heavy atom. The highest BCUT2D eigenvalue weighted by Crippen LogP contribution is 2.25. The van der Waals surface area contributed by atoms with Gasteiger partial charge in [-0.3, -0.25) is 9.36 Å². The highest BCUT2D eigenvalue weighted by atomic mass is 32.2. The molecule has 0 spiro atoms. The Morgan fingerprint density at radius 1 is 1.15 bits per heavy atom. The lowest BCUT2D eigenvalue weighted by molar-refractivity contribution is -0.911. The van der Waals surface area contributed by atoms with Crippen LogP contribution in [0.3, 0.4) is 0 Å². The van der Waals surface area contributed by atoms with E-state index in [-0.39, 0.29) is 5.56 Å². The van der Waals surface area contributed by atoms with Crippen LogP contribution >= 0.6 is 23.1 Å². The van der Waals surface area contributed by atoms with Crippen LogP contribution in [0.4, 0.5) is 0 Å². The van der Waals surface area contributed by atoms with Crippen LogP contribution in [0.15, 0.2) is 51.7 Å². The highest BCUT2D eigenvalue weighted by Gasteiger charge is 2.24. The molecule has 136 valence electrons. The number of thioether (sulfide) groups is 1. The fourth-order valence-electron chi connectivity index (χ4n) is 3.65. The van der Waals surface area contributed by atoms with Crippen molar-refractivity contribution in [1.29, 1.82) is 0 Å². The lowest BCUT2D eigenvalue weighted by Crippen LogP contribution is -2.49. The van der Waals surface area contributed by atoms with Gasteiger partial charge in [-0.1, -0.05) is 30.0 Å². The van der Waals surface area contributed by atoms with E-state index in [1.165, 1.54) is 43.7 Å². The summed E-state index contributed by atoms with van der Waals surface area (Å²) in [5.41, 5.74) is 1.74. The Labute approximate surface area is 162 Å². The van der Waals surface area contributed by atoms with Gasteiger partial charge in [-0.25, -0.2) is 4.98 Å². The third-order valence-electron chi connectivity index (χ3n) is 5.22. The smallest absolute Gasteiger partial charge is 0.276 e. The molecule has 26 heavy (non-hydrogen) atoms. The second-order valence-electron chi connectivity index (χ2n) is 7.20. The fraction of sp³-hybridized carbons (Fsp3) is 0.400. The van der Waals surface area contributed by atoms with Gasteiger partial charge in [0, 0.05) is 0 Å². The molecule has 0 aliphatic carbocycles. The molecule has 3 heterocycles. The molecule has 1 saturated heterocycles. The number of aromatic nitrogens is 2. The molecular weight excluding hydrogens is 362 g/mol. The predicted molar refractivity (Wildman–Crippen MR) is 111 cm³/mol. The topological polar surface area (TPSA) is 34.9 Å². The molecule has 0 radical (unpaired) electrons. The standard InChI is InChI=1S/C20H24N3OS2/c1-23(11-6-3-7-12-23)13-15-26-20-21-17-10-14-25-18(17)19(24)22(20)16-8-4-2-5-9-16/h2,4-5,8-10,14H,3,6-7,11-13,15H2,1H3/q+1. The first kappa shape index (κ1) is 17.8. The van der Waals surface area contributed by atoms with E-state index >= 15 is 0 Å². The van der Waals surface area contributed by atoms with E-state index in [1.807, 2.05) is 41.8 Å². The van der Waals surface area contributed by atoms with Crippen molar-refractivity contribution < 1.29 is 4.48 Å². The van der Waals surface area contributed by atoms with Crippen molar-refractivity contribution in [2.45, 2.75) is 24.4 Å². The van der Waals surface area contributed by atoms with Gasteiger partial charge in [0.05, 0.1) is 43.6 Å². The monoisotopic (exact) mass is 386 g/mol. The zero-order chi connectivity index (χ0) is 18.0. The molecule has 1 fully saturated rings. The van der Waals surface area contributed by atoms with Gasteiger partial charge in [0.15, 0.2) is 5.16 Å². The normalized spacial score (nSPS) is 16.8. The molecule has 0 bridgehead atoms. The van der Waals surface area contributed by atoms with Crippen LogP contribution in [0, 0.1) is 0 Å². The molecular formula is C20H24N3OS2+. The molecule has 1 aliphatic heterocycles. The molecule has 4 rings (SSSR count). The summed E-state index contributed by atoms with van der Waals surface area (Å²) in [5, 5.41) is 2.75. The number of hydrogen-bond donors (Lipinski definition) is 0. The summed E-state index contributed by atoms with van der Waals surface area (Å²) in [4.78, 5) is 17.9. The number of hydrogen-bond acceptors (Lipinski definition) is 4. The minimum Gasteiger partial charge on any atom is -0.325 e. The Hall–Kier alpha value is -1.63. The van der Waals surface area contributed by atoms with Crippen LogP contribution < -0.4 is 5.56 Å². The average Bonchev–Trinajstić information content (AvgIpc) is 3.12. The number of rotatable bonds is 5. The quantitative estimate of drug-likeness (QED) is 0.375. The second-order valence-corrected chi connectivity index (χ2v) is 9.18. The minimum absolute atomic E-state index is 0.0390. The van der Waals surface area contributed by atoms with E-state index in [2.05, 4.69) is 7.05 Å². The van der Waals surface area contributed by atoms with E-state index in [0.29, 0.717) is 0 Å². The number of para-hydroxylation sites is 1. The minimum atomic E-state index is 0.0390. The molecule has 0 N–H and O–H groups in total. The Morgan fingerprint density at radius 3 is 2.69 bits per heavy atom. The molecule has 0 unspecified atom stereocenters. The summed E-state index contributed by atoms with van der Waals surface area (Å²) in [6.07, 6.45) is 4.02. The maximum atomic E-state index is 13.1. The second kappa shape index (κ2) is 7.55. The molecule has 1 aromatic carbocycles. The Balaban J connectivity index is 1.64. The first-order chi connectivity index (χ1) is 12.7. The van der Waals surface area contributed by atoms with Crippen LogP contribution in [0.1, 0.15) is 19.3 Å². The number of nitrogens with zero attached hydrogens (tertiary/aromatic N) is 3. The Bertz CT molecular complexity index is 943. The van der Waals surface area contributed by atoms with Crippen LogP contribution in [0.2, 0.25) is 0 Å². The van der Waals surface area contributed by atoms with E-state index in [4.69, 9.17) is 4.98 Å². The van der Waals surface area contributed by atoms with E-state index < -0.39 is 0 Å². The number of quaternary nitrogens is 1. The van der Waals surface area contributed by atoms with Crippen molar-refractivity contribution in [2.24, 2.45) is 0 Å². The molecule has 1 aliphatic rings. The van der Waals surface area contributed by atoms with Crippen molar-refractivity contribution in [3.05, 3.63) is 52.1 Å². The van der Waals surface area contributed by atoms with Crippen LogP contribution in [-0.4, -0.2) is 46.5 Å².